The van der Waals surface area contributed by atoms with Gasteiger partial charge in [0.25, 0.3) is 0 Å². The molecule has 0 heterocycles. The third-order valence-electron chi connectivity index (χ3n) is 2.30. The Morgan fingerprint density at radius 1 is 1.19 bits per heavy atom. The third-order valence-corrected chi connectivity index (χ3v) is 3.55. The van der Waals surface area contributed by atoms with E-state index in [2.05, 4.69) is 52.6 Å². The number of carbonyl (C=O) groups is 1. The lowest BCUT2D eigenvalue weighted by molar-refractivity contribution is 0.0598. The largest absolute Gasteiger partial charge is 0.465 e. The maximum Gasteiger partial charge on any atom is 0.340 e. The van der Waals surface area contributed by atoms with E-state index in [1.54, 1.807) is 0 Å². The lowest BCUT2D eigenvalue weighted by atomic mass is 9.87. The second-order valence-electron chi connectivity index (χ2n) is 4.56. The highest BCUT2D eigenvalue weighted by Crippen LogP contribution is 2.33. The number of carbonyl (C=O) groups excluding carboxylic acids is 1. The van der Waals surface area contributed by atoms with Crippen LogP contribution in [0.15, 0.2) is 21.1 Å². The quantitative estimate of drug-likeness (QED) is 0.707. The van der Waals surface area contributed by atoms with E-state index in [1.807, 2.05) is 12.1 Å². The van der Waals surface area contributed by atoms with Gasteiger partial charge in [0.05, 0.1) is 12.7 Å². The van der Waals surface area contributed by atoms with Gasteiger partial charge in [0, 0.05) is 8.95 Å². The van der Waals surface area contributed by atoms with Crippen LogP contribution in [0.1, 0.15) is 36.7 Å². The minimum Gasteiger partial charge on any atom is -0.465 e. The molecule has 0 aromatic heterocycles. The number of benzene rings is 1. The number of methoxy groups -OCH3 is 1. The Kier molecular flexibility index (Phi) is 4.18. The Morgan fingerprint density at radius 3 is 1.94 bits per heavy atom. The normalized spacial score (nSPS) is 11.4. The summed E-state index contributed by atoms with van der Waals surface area (Å²) in [7, 11) is 1.37. The molecule has 0 aliphatic rings. The van der Waals surface area contributed by atoms with Crippen LogP contribution < -0.4 is 0 Å². The number of ether oxygens (including phenoxy) is 1. The van der Waals surface area contributed by atoms with Crippen molar-refractivity contribution in [1.82, 2.24) is 0 Å². The highest BCUT2D eigenvalue weighted by molar-refractivity contribution is 9.11. The predicted octanol–water partition coefficient (Wildman–Crippen LogP) is 4.30. The van der Waals surface area contributed by atoms with Gasteiger partial charge < -0.3 is 4.74 Å². The van der Waals surface area contributed by atoms with Gasteiger partial charge in [-0.3, -0.25) is 0 Å². The van der Waals surface area contributed by atoms with Crippen LogP contribution in [0.2, 0.25) is 0 Å². The number of hydrogen-bond acceptors (Lipinski definition) is 2. The molecule has 0 saturated heterocycles. The van der Waals surface area contributed by atoms with Crippen LogP contribution in [0, 0.1) is 0 Å². The molecule has 0 saturated carbocycles. The molecule has 0 aliphatic heterocycles. The van der Waals surface area contributed by atoms with Gasteiger partial charge in [-0.05, 0) is 55.0 Å². The molecule has 16 heavy (non-hydrogen) atoms. The summed E-state index contributed by atoms with van der Waals surface area (Å²) in [5.41, 5.74) is 1.72. The zero-order chi connectivity index (χ0) is 12.5. The monoisotopic (exact) mass is 348 g/mol. The molecule has 1 rings (SSSR count). The van der Waals surface area contributed by atoms with Crippen LogP contribution in [-0.2, 0) is 10.2 Å². The van der Waals surface area contributed by atoms with Gasteiger partial charge in [-0.1, -0.05) is 20.8 Å². The molecule has 0 N–H and O–H groups in total. The van der Waals surface area contributed by atoms with Crippen LogP contribution in [-0.4, -0.2) is 13.1 Å². The number of rotatable bonds is 1. The Morgan fingerprint density at radius 2 is 1.62 bits per heavy atom. The van der Waals surface area contributed by atoms with Gasteiger partial charge in [-0.2, -0.15) is 0 Å². The summed E-state index contributed by atoms with van der Waals surface area (Å²) >= 11 is 6.80. The molecule has 0 bridgehead atoms. The van der Waals surface area contributed by atoms with Crippen molar-refractivity contribution in [3.8, 4) is 0 Å². The predicted molar refractivity (Wildman–Crippen MR) is 71.9 cm³/mol. The first-order chi connectivity index (χ1) is 7.27. The minimum absolute atomic E-state index is 0.0414. The second kappa shape index (κ2) is 4.88. The molecule has 0 unspecified atom stereocenters. The van der Waals surface area contributed by atoms with Gasteiger partial charge in [-0.25, -0.2) is 4.79 Å². The standard InChI is InChI=1S/C12H14Br2O2/c1-12(2,3)7-5-8(13)10(9(14)6-7)11(15)16-4/h5-6H,1-4H3. The molecule has 1 aromatic carbocycles. The summed E-state index contributed by atoms with van der Waals surface area (Å²) in [5.74, 6) is -0.348. The first-order valence-electron chi connectivity index (χ1n) is 4.85. The maximum atomic E-state index is 11.5. The van der Waals surface area contributed by atoms with E-state index in [1.165, 1.54) is 7.11 Å². The van der Waals surface area contributed by atoms with E-state index in [-0.39, 0.29) is 11.4 Å². The molecular formula is C12H14Br2O2. The summed E-state index contributed by atoms with van der Waals surface area (Å²) in [6, 6.07) is 3.91. The van der Waals surface area contributed by atoms with Gasteiger partial charge in [0.15, 0.2) is 0 Å². The molecule has 0 fully saturated rings. The fraction of sp³-hybridized carbons (Fsp3) is 0.417. The maximum absolute atomic E-state index is 11.5. The molecular weight excluding hydrogens is 336 g/mol. The molecule has 1 aromatic rings. The molecule has 0 radical (unpaired) electrons. The molecule has 0 atom stereocenters. The van der Waals surface area contributed by atoms with Crippen LogP contribution in [0.5, 0.6) is 0 Å². The topological polar surface area (TPSA) is 26.3 Å². The Bertz CT molecular complexity index is 397. The summed E-state index contributed by atoms with van der Waals surface area (Å²) in [5, 5.41) is 0. The Hall–Kier alpha value is -0.350. The number of hydrogen-bond donors (Lipinski definition) is 0. The van der Waals surface area contributed by atoms with Crippen LogP contribution in [0.3, 0.4) is 0 Å². The average Bonchev–Trinajstić information content (AvgIpc) is 2.14. The zero-order valence-corrected chi connectivity index (χ0v) is 12.9. The van der Waals surface area contributed by atoms with E-state index in [9.17, 15) is 4.79 Å². The zero-order valence-electron chi connectivity index (χ0n) is 9.73. The molecule has 4 heteroatoms. The van der Waals surface area contributed by atoms with Crippen molar-refractivity contribution in [2.45, 2.75) is 26.2 Å². The Balaban J connectivity index is 3.34. The summed E-state index contributed by atoms with van der Waals surface area (Å²) in [4.78, 5) is 11.5. The summed E-state index contributed by atoms with van der Waals surface area (Å²) < 4.78 is 6.22. The van der Waals surface area contributed by atoms with Gasteiger partial charge in [0.2, 0.25) is 0 Å². The first kappa shape index (κ1) is 13.7. The molecule has 0 amide bonds. The number of halogens is 2. The van der Waals surface area contributed by atoms with Crippen LogP contribution in [0.25, 0.3) is 0 Å². The molecule has 88 valence electrons. The van der Waals surface area contributed by atoms with Gasteiger partial charge >= 0.3 is 5.97 Å². The third kappa shape index (κ3) is 2.86. The van der Waals surface area contributed by atoms with E-state index in [0.717, 1.165) is 14.5 Å². The molecule has 0 aliphatic carbocycles. The minimum atomic E-state index is -0.348. The van der Waals surface area contributed by atoms with Crippen molar-refractivity contribution in [2.75, 3.05) is 7.11 Å². The summed E-state index contributed by atoms with van der Waals surface area (Å²) in [6.45, 7) is 6.37. The van der Waals surface area contributed by atoms with Gasteiger partial charge in [-0.15, -0.1) is 0 Å². The summed E-state index contributed by atoms with van der Waals surface area (Å²) in [6.07, 6.45) is 0. The lowest BCUT2D eigenvalue weighted by Gasteiger charge is -2.20. The fourth-order valence-corrected chi connectivity index (χ4v) is 2.81. The molecule has 2 nitrogen and oxygen atoms in total. The van der Waals surface area contributed by atoms with E-state index in [4.69, 9.17) is 4.74 Å². The van der Waals surface area contributed by atoms with Crippen LogP contribution in [0.4, 0.5) is 0 Å². The van der Waals surface area contributed by atoms with Crippen molar-refractivity contribution in [2.24, 2.45) is 0 Å². The van der Waals surface area contributed by atoms with Gasteiger partial charge in [0.1, 0.15) is 0 Å². The second-order valence-corrected chi connectivity index (χ2v) is 6.27. The SMILES string of the molecule is COC(=O)c1c(Br)cc(C(C)(C)C)cc1Br. The van der Waals surface area contributed by atoms with Crippen molar-refractivity contribution in [1.29, 1.82) is 0 Å². The van der Waals surface area contributed by atoms with Crippen LogP contribution >= 0.6 is 31.9 Å². The smallest absolute Gasteiger partial charge is 0.340 e. The van der Waals surface area contributed by atoms with E-state index < -0.39 is 0 Å². The van der Waals surface area contributed by atoms with Crippen molar-refractivity contribution >= 4 is 37.8 Å². The highest BCUT2D eigenvalue weighted by Gasteiger charge is 2.20. The number of esters is 1. The van der Waals surface area contributed by atoms with Crippen molar-refractivity contribution in [3.05, 3.63) is 32.2 Å². The van der Waals surface area contributed by atoms with Crippen molar-refractivity contribution in [3.63, 3.8) is 0 Å². The van der Waals surface area contributed by atoms with E-state index >= 15 is 0 Å². The van der Waals surface area contributed by atoms with E-state index in [0.29, 0.717) is 5.56 Å². The first-order valence-corrected chi connectivity index (χ1v) is 6.44. The fourth-order valence-electron chi connectivity index (χ4n) is 1.30. The highest BCUT2D eigenvalue weighted by atomic mass is 79.9. The Labute approximate surface area is 113 Å². The average molecular weight is 350 g/mol. The van der Waals surface area contributed by atoms with Crippen molar-refractivity contribution < 1.29 is 9.53 Å². The lowest BCUT2D eigenvalue weighted by Crippen LogP contribution is -2.13. The molecule has 0 spiro atoms.